The van der Waals surface area contributed by atoms with E-state index in [1.165, 1.54) is 18.8 Å². The maximum atomic E-state index is 11.0. The van der Waals surface area contributed by atoms with E-state index in [1.54, 1.807) is 0 Å². The molecule has 0 N–H and O–H groups in total. The Morgan fingerprint density at radius 3 is 1.23 bits per heavy atom. The van der Waals surface area contributed by atoms with E-state index in [4.69, 9.17) is 27.5 Å². The third-order valence-corrected chi connectivity index (χ3v) is 4.21. The van der Waals surface area contributed by atoms with Gasteiger partial charge in [-0.2, -0.15) is 0 Å². The van der Waals surface area contributed by atoms with Crippen molar-refractivity contribution in [3.63, 3.8) is 0 Å². The standard InChI is InChI=1S/C18H20O12/c1-2-18(9-22-3-12-6-25-15(19)28-12,10-23-4-13-7-26-16(20)29-13)11-24-5-14-8-27-17(21)30-14/h6-8H,2-5,9-11H2,1H3. The van der Waals surface area contributed by atoms with Crippen LogP contribution in [-0.2, 0) is 34.0 Å². The minimum Gasteiger partial charge on any atom is -0.399 e. The molecule has 0 aliphatic carbocycles. The van der Waals surface area contributed by atoms with Gasteiger partial charge < -0.3 is 40.7 Å². The summed E-state index contributed by atoms with van der Waals surface area (Å²) in [5.41, 5.74) is -0.613. The molecule has 164 valence electrons. The van der Waals surface area contributed by atoms with Crippen molar-refractivity contribution in [2.45, 2.75) is 33.2 Å². The first-order valence-corrected chi connectivity index (χ1v) is 8.94. The molecule has 0 spiro atoms. The summed E-state index contributed by atoms with van der Waals surface area (Å²) in [7, 11) is 0. The molecular weight excluding hydrogens is 408 g/mol. The average Bonchev–Trinajstić information content (AvgIpc) is 3.44. The van der Waals surface area contributed by atoms with Crippen molar-refractivity contribution in [2.75, 3.05) is 19.8 Å². The monoisotopic (exact) mass is 428 g/mol. The molecule has 3 rings (SSSR count). The number of ether oxygens (including phenoxy) is 3. The molecule has 12 heteroatoms. The Morgan fingerprint density at radius 2 is 1.00 bits per heavy atom. The molecule has 0 radical (unpaired) electrons. The Bertz CT molecular complexity index is 926. The van der Waals surface area contributed by atoms with E-state index in [1.807, 2.05) is 6.92 Å². The van der Waals surface area contributed by atoms with Crippen LogP contribution in [0, 0.1) is 5.41 Å². The van der Waals surface area contributed by atoms with Gasteiger partial charge in [0.1, 0.15) is 38.6 Å². The second kappa shape index (κ2) is 10.1. The van der Waals surface area contributed by atoms with Gasteiger partial charge in [0.25, 0.3) is 0 Å². The van der Waals surface area contributed by atoms with Crippen LogP contribution in [0.3, 0.4) is 0 Å². The molecule has 0 bridgehead atoms. The first kappa shape index (κ1) is 21.6. The van der Waals surface area contributed by atoms with Gasteiger partial charge in [0.2, 0.25) is 0 Å². The van der Waals surface area contributed by atoms with Gasteiger partial charge in [-0.15, -0.1) is 0 Å². The third-order valence-electron chi connectivity index (χ3n) is 4.21. The first-order chi connectivity index (χ1) is 14.5. The van der Waals surface area contributed by atoms with Crippen LogP contribution in [0.25, 0.3) is 0 Å². The summed E-state index contributed by atoms with van der Waals surface area (Å²) in [6, 6.07) is 0. The van der Waals surface area contributed by atoms with Crippen molar-refractivity contribution in [2.24, 2.45) is 5.41 Å². The zero-order chi connectivity index (χ0) is 21.4. The Hall–Kier alpha value is -3.09. The Balaban J connectivity index is 1.58. The molecule has 0 saturated heterocycles. The quantitative estimate of drug-likeness (QED) is 0.388. The highest BCUT2D eigenvalue weighted by atomic mass is 16.6. The highest BCUT2D eigenvalue weighted by Gasteiger charge is 2.30. The van der Waals surface area contributed by atoms with E-state index in [-0.39, 0.29) is 56.9 Å². The summed E-state index contributed by atoms with van der Waals surface area (Å²) in [5, 5.41) is 0. The second-order valence-corrected chi connectivity index (χ2v) is 6.49. The Kier molecular flexibility index (Phi) is 7.27. The molecule has 0 saturated carbocycles. The molecule has 30 heavy (non-hydrogen) atoms. The van der Waals surface area contributed by atoms with E-state index in [0.29, 0.717) is 6.42 Å². The lowest BCUT2D eigenvalue weighted by atomic mass is 9.88. The maximum Gasteiger partial charge on any atom is 0.518 e. The first-order valence-electron chi connectivity index (χ1n) is 8.94. The third kappa shape index (κ3) is 6.20. The van der Waals surface area contributed by atoms with Crippen LogP contribution in [0.4, 0.5) is 0 Å². The van der Waals surface area contributed by atoms with Crippen molar-refractivity contribution in [3.8, 4) is 0 Å². The van der Waals surface area contributed by atoms with Gasteiger partial charge in [-0.3, -0.25) is 0 Å². The smallest absolute Gasteiger partial charge is 0.399 e. The van der Waals surface area contributed by atoms with Crippen LogP contribution in [0.15, 0.2) is 59.7 Å². The minimum absolute atomic E-state index is 0.0146. The zero-order valence-corrected chi connectivity index (χ0v) is 16.1. The summed E-state index contributed by atoms with van der Waals surface area (Å²) in [4.78, 5) is 32.9. The molecule has 0 unspecified atom stereocenters. The largest absolute Gasteiger partial charge is 0.518 e. The topological polar surface area (TPSA) is 158 Å². The summed E-state index contributed by atoms with van der Waals surface area (Å²) < 4.78 is 45.1. The molecule has 3 aromatic heterocycles. The van der Waals surface area contributed by atoms with E-state index in [0.717, 1.165) is 0 Å². The van der Waals surface area contributed by atoms with Gasteiger partial charge >= 0.3 is 17.5 Å². The van der Waals surface area contributed by atoms with Crippen molar-refractivity contribution in [1.29, 1.82) is 0 Å². The van der Waals surface area contributed by atoms with Gasteiger partial charge in [-0.1, -0.05) is 6.92 Å². The van der Waals surface area contributed by atoms with E-state index in [2.05, 4.69) is 13.3 Å². The van der Waals surface area contributed by atoms with Crippen LogP contribution in [0.2, 0.25) is 0 Å². The maximum absolute atomic E-state index is 11.0. The van der Waals surface area contributed by atoms with Crippen molar-refractivity contribution in [3.05, 3.63) is 67.9 Å². The highest BCUT2D eigenvalue weighted by Crippen LogP contribution is 2.25. The van der Waals surface area contributed by atoms with E-state index >= 15 is 0 Å². The van der Waals surface area contributed by atoms with Crippen LogP contribution in [0.5, 0.6) is 0 Å². The summed E-state index contributed by atoms with van der Waals surface area (Å²) in [6.45, 7) is 2.52. The lowest BCUT2D eigenvalue weighted by Crippen LogP contribution is -2.36. The van der Waals surface area contributed by atoms with Gasteiger partial charge in [-0.25, -0.2) is 14.4 Å². The van der Waals surface area contributed by atoms with Crippen LogP contribution < -0.4 is 17.5 Å². The minimum atomic E-state index is -0.815. The molecule has 3 aromatic rings. The fourth-order valence-corrected chi connectivity index (χ4v) is 2.53. The highest BCUT2D eigenvalue weighted by molar-refractivity contribution is 4.86. The number of rotatable bonds is 13. The van der Waals surface area contributed by atoms with E-state index < -0.39 is 22.9 Å². The van der Waals surface area contributed by atoms with Crippen LogP contribution in [0.1, 0.15) is 30.6 Å². The second-order valence-electron chi connectivity index (χ2n) is 6.49. The summed E-state index contributed by atoms with van der Waals surface area (Å²) >= 11 is 0. The number of hydrogen-bond donors (Lipinski definition) is 0. The van der Waals surface area contributed by atoms with Gasteiger partial charge in [0.15, 0.2) is 17.3 Å². The SMILES string of the molecule is CCC(COCc1coc(=O)o1)(COCc1coc(=O)o1)COCc1coc(=O)o1. The average molecular weight is 428 g/mol. The predicted molar refractivity (Wildman–Crippen MR) is 93.4 cm³/mol. The molecule has 0 aliphatic heterocycles. The molecule has 12 nitrogen and oxygen atoms in total. The summed E-state index contributed by atoms with van der Waals surface area (Å²) in [6.07, 6.45) is 4.10. The molecule has 0 amide bonds. The molecule has 0 fully saturated rings. The zero-order valence-electron chi connectivity index (χ0n) is 16.1. The van der Waals surface area contributed by atoms with Gasteiger partial charge in [0.05, 0.1) is 19.8 Å². The lowest BCUT2D eigenvalue weighted by molar-refractivity contribution is -0.0869. The fraction of sp³-hybridized carbons (Fsp3) is 0.500. The molecule has 0 aliphatic rings. The molecule has 0 aromatic carbocycles. The Labute approximate surface area is 167 Å². The normalized spacial score (nSPS) is 11.9. The molecule has 3 heterocycles. The van der Waals surface area contributed by atoms with Crippen molar-refractivity contribution < 1.29 is 40.7 Å². The molecular formula is C18H20O12. The number of hydrogen-bond acceptors (Lipinski definition) is 12. The van der Waals surface area contributed by atoms with Crippen molar-refractivity contribution in [1.82, 2.24) is 0 Å². The fourth-order valence-electron chi connectivity index (χ4n) is 2.53. The lowest BCUT2D eigenvalue weighted by Gasteiger charge is -2.31. The predicted octanol–water partition coefficient (Wildman–Crippen LogP) is 1.67. The van der Waals surface area contributed by atoms with Crippen LogP contribution >= 0.6 is 0 Å². The summed E-state index contributed by atoms with van der Waals surface area (Å²) in [5.74, 6) is -1.72. The van der Waals surface area contributed by atoms with Crippen LogP contribution in [-0.4, -0.2) is 19.8 Å². The van der Waals surface area contributed by atoms with Gasteiger partial charge in [-0.05, 0) is 6.42 Å². The molecule has 0 atom stereocenters. The van der Waals surface area contributed by atoms with Crippen molar-refractivity contribution >= 4 is 0 Å². The Morgan fingerprint density at radius 1 is 0.667 bits per heavy atom. The van der Waals surface area contributed by atoms with E-state index in [9.17, 15) is 14.4 Å². The van der Waals surface area contributed by atoms with Gasteiger partial charge in [0, 0.05) is 5.41 Å².